The van der Waals surface area contributed by atoms with Gasteiger partial charge in [0.1, 0.15) is 0 Å². The summed E-state index contributed by atoms with van der Waals surface area (Å²) in [6.07, 6.45) is 0. The van der Waals surface area contributed by atoms with Crippen LogP contribution in [0.25, 0.3) is 0 Å². The lowest BCUT2D eigenvalue weighted by Crippen LogP contribution is -2.56. The molecule has 1 aromatic carbocycles. The van der Waals surface area contributed by atoms with Crippen molar-refractivity contribution in [2.24, 2.45) is 0 Å². The van der Waals surface area contributed by atoms with Crippen LogP contribution in [0.4, 0.5) is 17.1 Å². The third-order valence-corrected chi connectivity index (χ3v) is 3.80. The van der Waals surface area contributed by atoms with Crippen LogP contribution in [0.2, 0.25) is 0 Å². The molecule has 1 aromatic rings. The summed E-state index contributed by atoms with van der Waals surface area (Å²) in [6, 6.07) is 6.54. The van der Waals surface area contributed by atoms with Gasteiger partial charge in [-0.25, -0.2) is 0 Å². The Kier molecular flexibility index (Phi) is 1.88. The second-order valence-electron chi connectivity index (χ2n) is 5.41. The SMILES string of the molecule is CN1CCN2c3c(cccc31)NCC2(C)C. The highest BCUT2D eigenvalue weighted by Gasteiger charge is 2.36. The fraction of sp³-hybridized carbons (Fsp3) is 0.538. The summed E-state index contributed by atoms with van der Waals surface area (Å²) >= 11 is 0. The fourth-order valence-electron chi connectivity index (χ4n) is 2.76. The molecule has 0 saturated carbocycles. The van der Waals surface area contributed by atoms with Crippen molar-refractivity contribution in [1.82, 2.24) is 0 Å². The number of anilines is 3. The number of hydrogen-bond acceptors (Lipinski definition) is 3. The monoisotopic (exact) mass is 217 g/mol. The molecule has 0 aliphatic carbocycles. The number of nitrogens with one attached hydrogen (secondary N) is 1. The van der Waals surface area contributed by atoms with Gasteiger partial charge in [0.05, 0.1) is 22.6 Å². The Hall–Kier alpha value is -1.38. The summed E-state index contributed by atoms with van der Waals surface area (Å²) in [5.41, 5.74) is 4.23. The Morgan fingerprint density at radius 1 is 1.25 bits per heavy atom. The molecular weight excluding hydrogens is 198 g/mol. The van der Waals surface area contributed by atoms with E-state index in [1.807, 2.05) is 0 Å². The lowest BCUT2D eigenvalue weighted by molar-refractivity contribution is 0.466. The molecule has 0 radical (unpaired) electrons. The molecule has 2 aliphatic heterocycles. The van der Waals surface area contributed by atoms with E-state index in [2.05, 4.69) is 54.2 Å². The minimum atomic E-state index is 0.213. The van der Waals surface area contributed by atoms with Gasteiger partial charge in [0.25, 0.3) is 0 Å². The minimum absolute atomic E-state index is 0.213. The van der Waals surface area contributed by atoms with Crippen LogP contribution in [-0.4, -0.2) is 32.2 Å². The quantitative estimate of drug-likeness (QED) is 0.718. The Balaban J connectivity index is 2.20. The maximum Gasteiger partial charge on any atom is 0.0845 e. The van der Waals surface area contributed by atoms with E-state index in [0.29, 0.717) is 0 Å². The van der Waals surface area contributed by atoms with Gasteiger partial charge in [-0.05, 0) is 26.0 Å². The summed E-state index contributed by atoms with van der Waals surface area (Å²) in [7, 11) is 2.18. The Morgan fingerprint density at radius 3 is 2.88 bits per heavy atom. The zero-order valence-electron chi connectivity index (χ0n) is 10.2. The van der Waals surface area contributed by atoms with Gasteiger partial charge in [-0.2, -0.15) is 0 Å². The van der Waals surface area contributed by atoms with Crippen molar-refractivity contribution in [2.45, 2.75) is 19.4 Å². The van der Waals surface area contributed by atoms with Crippen LogP contribution >= 0.6 is 0 Å². The van der Waals surface area contributed by atoms with Crippen LogP contribution < -0.4 is 15.1 Å². The summed E-state index contributed by atoms with van der Waals surface area (Å²) in [5.74, 6) is 0. The lowest BCUT2D eigenvalue weighted by Gasteiger charge is -2.50. The zero-order chi connectivity index (χ0) is 11.3. The minimum Gasteiger partial charge on any atom is -0.381 e. The van der Waals surface area contributed by atoms with E-state index in [0.717, 1.165) is 19.6 Å². The standard InChI is InChI=1S/C13H19N3/c1-13(2)9-14-10-5-4-6-11-12(10)16(13)8-7-15(11)3/h4-6,14H,7-9H2,1-3H3. The van der Waals surface area contributed by atoms with Crippen molar-refractivity contribution < 1.29 is 0 Å². The molecule has 0 amide bonds. The van der Waals surface area contributed by atoms with Gasteiger partial charge in [0, 0.05) is 26.7 Å². The molecule has 0 spiro atoms. The van der Waals surface area contributed by atoms with E-state index < -0.39 is 0 Å². The predicted molar refractivity (Wildman–Crippen MR) is 69.6 cm³/mol. The van der Waals surface area contributed by atoms with Gasteiger partial charge < -0.3 is 15.1 Å². The molecule has 0 unspecified atom stereocenters. The lowest BCUT2D eigenvalue weighted by atomic mass is 9.95. The molecule has 0 atom stereocenters. The van der Waals surface area contributed by atoms with Crippen molar-refractivity contribution in [1.29, 1.82) is 0 Å². The van der Waals surface area contributed by atoms with Crippen LogP contribution in [0.3, 0.4) is 0 Å². The molecule has 0 saturated heterocycles. The number of benzene rings is 1. The van der Waals surface area contributed by atoms with Crippen LogP contribution in [0.5, 0.6) is 0 Å². The van der Waals surface area contributed by atoms with E-state index >= 15 is 0 Å². The van der Waals surface area contributed by atoms with Crippen molar-refractivity contribution in [3.63, 3.8) is 0 Å². The summed E-state index contributed by atoms with van der Waals surface area (Å²) in [5, 5.41) is 3.54. The first-order chi connectivity index (χ1) is 7.59. The molecule has 3 rings (SSSR count). The number of nitrogens with zero attached hydrogens (tertiary/aromatic N) is 2. The van der Waals surface area contributed by atoms with Crippen molar-refractivity contribution in [3.05, 3.63) is 18.2 Å². The average Bonchev–Trinajstić information content (AvgIpc) is 2.26. The molecule has 2 aliphatic rings. The molecule has 3 nitrogen and oxygen atoms in total. The van der Waals surface area contributed by atoms with Crippen LogP contribution in [-0.2, 0) is 0 Å². The molecule has 0 fully saturated rings. The molecule has 0 bridgehead atoms. The highest BCUT2D eigenvalue weighted by molar-refractivity contribution is 5.87. The highest BCUT2D eigenvalue weighted by Crippen LogP contribution is 2.44. The first-order valence-corrected chi connectivity index (χ1v) is 5.95. The van der Waals surface area contributed by atoms with Gasteiger partial charge in [0.2, 0.25) is 0 Å². The molecule has 86 valence electrons. The summed E-state index contributed by atoms with van der Waals surface area (Å²) in [4.78, 5) is 4.90. The molecular formula is C13H19N3. The van der Waals surface area contributed by atoms with Gasteiger partial charge >= 0.3 is 0 Å². The van der Waals surface area contributed by atoms with E-state index in [-0.39, 0.29) is 5.54 Å². The molecule has 16 heavy (non-hydrogen) atoms. The third kappa shape index (κ3) is 1.20. The first kappa shape index (κ1) is 9.82. The Bertz CT molecular complexity index is 425. The van der Waals surface area contributed by atoms with Gasteiger partial charge in [-0.3, -0.25) is 0 Å². The number of rotatable bonds is 0. The number of hydrogen-bond donors (Lipinski definition) is 1. The number of para-hydroxylation sites is 1. The molecule has 2 heterocycles. The highest BCUT2D eigenvalue weighted by atomic mass is 15.3. The van der Waals surface area contributed by atoms with Gasteiger partial charge in [-0.1, -0.05) is 6.07 Å². The topological polar surface area (TPSA) is 18.5 Å². The number of likely N-dealkylation sites (N-methyl/N-ethyl adjacent to an activating group) is 1. The van der Waals surface area contributed by atoms with Crippen LogP contribution in [0.1, 0.15) is 13.8 Å². The molecule has 0 aromatic heterocycles. The fourth-order valence-corrected chi connectivity index (χ4v) is 2.76. The van der Waals surface area contributed by atoms with E-state index in [4.69, 9.17) is 0 Å². The second kappa shape index (κ2) is 3.06. The second-order valence-corrected chi connectivity index (χ2v) is 5.41. The summed E-state index contributed by atoms with van der Waals surface area (Å²) < 4.78 is 0. The van der Waals surface area contributed by atoms with Gasteiger partial charge in [-0.15, -0.1) is 0 Å². The maximum absolute atomic E-state index is 3.54. The van der Waals surface area contributed by atoms with E-state index in [9.17, 15) is 0 Å². The largest absolute Gasteiger partial charge is 0.381 e. The van der Waals surface area contributed by atoms with Crippen LogP contribution in [0, 0.1) is 0 Å². The normalized spacial score (nSPS) is 21.4. The van der Waals surface area contributed by atoms with E-state index in [1.165, 1.54) is 17.1 Å². The Morgan fingerprint density at radius 2 is 2.06 bits per heavy atom. The Labute approximate surface area is 97.0 Å². The predicted octanol–water partition coefficient (Wildman–Crippen LogP) is 2.15. The molecule has 1 N–H and O–H groups in total. The van der Waals surface area contributed by atoms with E-state index in [1.54, 1.807) is 0 Å². The first-order valence-electron chi connectivity index (χ1n) is 5.95. The van der Waals surface area contributed by atoms with Crippen molar-refractivity contribution in [2.75, 3.05) is 41.8 Å². The zero-order valence-corrected chi connectivity index (χ0v) is 10.2. The average molecular weight is 217 g/mol. The van der Waals surface area contributed by atoms with Crippen LogP contribution in [0.15, 0.2) is 18.2 Å². The molecule has 3 heteroatoms. The smallest absolute Gasteiger partial charge is 0.0845 e. The third-order valence-electron chi connectivity index (χ3n) is 3.80. The maximum atomic E-state index is 3.54. The van der Waals surface area contributed by atoms with Crippen molar-refractivity contribution in [3.8, 4) is 0 Å². The van der Waals surface area contributed by atoms with Gasteiger partial charge in [0.15, 0.2) is 0 Å². The van der Waals surface area contributed by atoms with Crippen molar-refractivity contribution >= 4 is 17.1 Å². The summed E-state index contributed by atoms with van der Waals surface area (Å²) in [6.45, 7) is 7.87.